The molecule has 3 heterocycles. The summed E-state index contributed by atoms with van der Waals surface area (Å²) in [6, 6.07) is 7.89. The SMILES string of the molecule is CCOC(=O)c1c(CSc2nnc(N3CCOCC3)n2CC(C)C)nc2ccccc2c1C. The third-order valence-electron chi connectivity index (χ3n) is 5.58. The van der Waals surface area contributed by atoms with Crippen molar-refractivity contribution in [1.29, 1.82) is 0 Å². The van der Waals surface area contributed by atoms with E-state index in [0.717, 1.165) is 47.2 Å². The second-order valence-corrected chi connectivity index (χ2v) is 9.41. The summed E-state index contributed by atoms with van der Waals surface area (Å²) in [5, 5.41) is 10.8. The van der Waals surface area contributed by atoms with Gasteiger partial charge in [-0.1, -0.05) is 43.8 Å². The fourth-order valence-electron chi connectivity index (χ4n) is 4.06. The maximum absolute atomic E-state index is 12.8. The number of esters is 1. The number of fused-ring (bicyclic) bond motifs is 1. The van der Waals surface area contributed by atoms with Crippen LogP contribution in [-0.4, -0.2) is 58.6 Å². The largest absolute Gasteiger partial charge is 0.462 e. The molecular formula is C24H31N5O3S. The van der Waals surface area contributed by atoms with Gasteiger partial charge in [-0.05, 0) is 31.4 Å². The molecule has 0 unspecified atom stereocenters. The number of rotatable bonds is 8. The number of morpholine rings is 1. The standard InChI is InChI=1S/C24H31N5O3S/c1-5-32-22(30)21-17(4)18-8-6-7-9-19(18)25-20(21)15-33-24-27-26-23(29(24)14-16(2)3)28-10-12-31-13-11-28/h6-9,16H,5,10-15H2,1-4H3. The van der Waals surface area contributed by atoms with Gasteiger partial charge in [0, 0.05) is 30.8 Å². The molecule has 3 aromatic rings. The average Bonchev–Trinajstić information content (AvgIpc) is 3.20. The molecular weight excluding hydrogens is 438 g/mol. The van der Waals surface area contributed by atoms with E-state index < -0.39 is 0 Å². The van der Waals surface area contributed by atoms with Crippen molar-refractivity contribution in [2.75, 3.05) is 37.8 Å². The Bertz CT molecular complexity index is 1120. The van der Waals surface area contributed by atoms with Crippen LogP contribution in [0.5, 0.6) is 0 Å². The Morgan fingerprint density at radius 3 is 2.70 bits per heavy atom. The van der Waals surface area contributed by atoms with E-state index in [4.69, 9.17) is 14.5 Å². The zero-order valence-corrected chi connectivity index (χ0v) is 20.5. The van der Waals surface area contributed by atoms with E-state index in [0.29, 0.717) is 42.7 Å². The molecule has 1 aromatic carbocycles. The minimum Gasteiger partial charge on any atom is -0.462 e. The Labute approximate surface area is 198 Å². The molecule has 1 aliphatic rings. The highest BCUT2D eigenvalue weighted by Gasteiger charge is 2.24. The molecule has 4 rings (SSSR count). The van der Waals surface area contributed by atoms with E-state index in [1.807, 2.05) is 38.1 Å². The van der Waals surface area contributed by atoms with Crippen LogP contribution < -0.4 is 4.90 Å². The van der Waals surface area contributed by atoms with Gasteiger partial charge in [0.2, 0.25) is 5.95 Å². The van der Waals surface area contributed by atoms with Gasteiger partial charge < -0.3 is 14.4 Å². The fourth-order valence-corrected chi connectivity index (χ4v) is 4.95. The van der Waals surface area contributed by atoms with Crippen molar-refractivity contribution in [3.63, 3.8) is 0 Å². The van der Waals surface area contributed by atoms with E-state index in [1.54, 1.807) is 11.8 Å². The lowest BCUT2D eigenvalue weighted by Gasteiger charge is -2.28. The fraction of sp³-hybridized carbons (Fsp3) is 0.500. The average molecular weight is 470 g/mol. The number of nitrogens with zero attached hydrogens (tertiary/aromatic N) is 5. The van der Waals surface area contributed by atoms with Gasteiger partial charge in [-0.2, -0.15) is 0 Å². The quantitative estimate of drug-likeness (QED) is 0.360. The molecule has 1 fully saturated rings. The first kappa shape index (κ1) is 23.5. The first-order valence-corrected chi connectivity index (χ1v) is 12.4. The molecule has 0 saturated carbocycles. The molecule has 176 valence electrons. The number of anilines is 1. The van der Waals surface area contributed by atoms with Crippen molar-refractivity contribution < 1.29 is 14.3 Å². The molecule has 0 bridgehead atoms. The number of ether oxygens (including phenoxy) is 2. The van der Waals surface area contributed by atoms with Crippen LogP contribution in [-0.2, 0) is 21.8 Å². The first-order chi connectivity index (χ1) is 16.0. The molecule has 0 amide bonds. The third kappa shape index (κ3) is 5.14. The predicted octanol–water partition coefficient (Wildman–Crippen LogP) is 4.10. The molecule has 8 nitrogen and oxygen atoms in total. The number of aromatic nitrogens is 4. The zero-order valence-electron chi connectivity index (χ0n) is 19.7. The lowest BCUT2D eigenvalue weighted by atomic mass is 10.0. The van der Waals surface area contributed by atoms with Crippen molar-refractivity contribution in [2.24, 2.45) is 5.92 Å². The van der Waals surface area contributed by atoms with Crippen LogP contribution in [0.2, 0.25) is 0 Å². The number of benzene rings is 1. The Morgan fingerprint density at radius 2 is 1.97 bits per heavy atom. The zero-order chi connectivity index (χ0) is 23.4. The highest BCUT2D eigenvalue weighted by atomic mass is 32.2. The van der Waals surface area contributed by atoms with Crippen molar-refractivity contribution in [2.45, 2.75) is 45.1 Å². The molecule has 0 aliphatic carbocycles. The molecule has 0 atom stereocenters. The second-order valence-electron chi connectivity index (χ2n) is 8.47. The second kappa shape index (κ2) is 10.5. The molecule has 0 radical (unpaired) electrons. The van der Waals surface area contributed by atoms with Gasteiger partial charge in [-0.3, -0.25) is 9.55 Å². The number of hydrogen-bond donors (Lipinski definition) is 0. The van der Waals surface area contributed by atoms with Gasteiger partial charge in [-0.15, -0.1) is 10.2 Å². The van der Waals surface area contributed by atoms with Crippen molar-refractivity contribution in [3.8, 4) is 0 Å². The van der Waals surface area contributed by atoms with Gasteiger partial charge in [0.15, 0.2) is 5.16 Å². The maximum Gasteiger partial charge on any atom is 0.340 e. The third-order valence-corrected chi connectivity index (χ3v) is 6.56. The van der Waals surface area contributed by atoms with E-state index in [2.05, 4.69) is 33.5 Å². The lowest BCUT2D eigenvalue weighted by molar-refractivity contribution is 0.0524. The monoisotopic (exact) mass is 469 g/mol. The van der Waals surface area contributed by atoms with Crippen molar-refractivity contribution in [1.82, 2.24) is 19.7 Å². The summed E-state index contributed by atoms with van der Waals surface area (Å²) >= 11 is 1.56. The Hall–Kier alpha value is -2.65. The Kier molecular flexibility index (Phi) is 7.49. The summed E-state index contributed by atoms with van der Waals surface area (Å²) in [5.41, 5.74) is 3.02. The van der Waals surface area contributed by atoms with Crippen molar-refractivity contribution in [3.05, 3.63) is 41.1 Å². The van der Waals surface area contributed by atoms with Gasteiger partial charge >= 0.3 is 5.97 Å². The summed E-state index contributed by atoms with van der Waals surface area (Å²) in [4.78, 5) is 19.9. The topological polar surface area (TPSA) is 82.4 Å². The van der Waals surface area contributed by atoms with E-state index in [9.17, 15) is 4.79 Å². The van der Waals surface area contributed by atoms with Gasteiger partial charge in [0.25, 0.3) is 0 Å². The number of carbonyl (C=O) groups excluding carboxylic acids is 1. The van der Waals surface area contributed by atoms with Gasteiger partial charge in [0.1, 0.15) is 0 Å². The van der Waals surface area contributed by atoms with E-state index in [-0.39, 0.29) is 5.97 Å². The summed E-state index contributed by atoms with van der Waals surface area (Å²) < 4.78 is 13.0. The minimum absolute atomic E-state index is 0.323. The number of carbonyl (C=O) groups is 1. The molecule has 9 heteroatoms. The number of para-hydroxylation sites is 1. The van der Waals surface area contributed by atoms with Crippen LogP contribution in [0.3, 0.4) is 0 Å². The minimum atomic E-state index is -0.332. The number of pyridine rings is 1. The van der Waals surface area contributed by atoms with Crippen LogP contribution in [0.25, 0.3) is 10.9 Å². The summed E-state index contributed by atoms with van der Waals surface area (Å²) in [6.07, 6.45) is 0. The van der Waals surface area contributed by atoms with Gasteiger partial charge in [-0.25, -0.2) is 4.79 Å². The summed E-state index contributed by atoms with van der Waals surface area (Å²) in [7, 11) is 0. The van der Waals surface area contributed by atoms with Crippen LogP contribution in [0, 0.1) is 12.8 Å². The van der Waals surface area contributed by atoms with Crippen LogP contribution in [0.15, 0.2) is 29.4 Å². The molecule has 33 heavy (non-hydrogen) atoms. The maximum atomic E-state index is 12.8. The van der Waals surface area contributed by atoms with Crippen LogP contribution >= 0.6 is 11.8 Å². The number of aryl methyl sites for hydroxylation is 1. The van der Waals surface area contributed by atoms with E-state index >= 15 is 0 Å². The molecule has 1 saturated heterocycles. The van der Waals surface area contributed by atoms with Crippen LogP contribution in [0.4, 0.5) is 5.95 Å². The smallest absolute Gasteiger partial charge is 0.340 e. The molecule has 0 N–H and O–H groups in total. The Morgan fingerprint density at radius 1 is 1.21 bits per heavy atom. The molecule has 2 aromatic heterocycles. The highest BCUT2D eigenvalue weighted by molar-refractivity contribution is 7.98. The Balaban J connectivity index is 1.67. The number of thioether (sulfide) groups is 1. The summed E-state index contributed by atoms with van der Waals surface area (Å²) in [6.45, 7) is 12.3. The van der Waals surface area contributed by atoms with Crippen molar-refractivity contribution >= 4 is 34.6 Å². The first-order valence-electron chi connectivity index (χ1n) is 11.4. The summed E-state index contributed by atoms with van der Waals surface area (Å²) in [5.74, 6) is 1.49. The lowest BCUT2D eigenvalue weighted by Crippen LogP contribution is -2.38. The molecule has 0 spiro atoms. The normalized spacial score (nSPS) is 14.3. The predicted molar refractivity (Wildman–Crippen MR) is 130 cm³/mol. The van der Waals surface area contributed by atoms with Crippen LogP contribution in [0.1, 0.15) is 42.4 Å². The van der Waals surface area contributed by atoms with Gasteiger partial charge in [0.05, 0.1) is 36.6 Å². The highest BCUT2D eigenvalue weighted by Crippen LogP contribution is 2.30. The number of hydrogen-bond acceptors (Lipinski definition) is 8. The van der Waals surface area contributed by atoms with E-state index in [1.165, 1.54) is 0 Å². The molecule has 1 aliphatic heterocycles.